The second-order valence-electron chi connectivity index (χ2n) is 7.81. The number of benzene rings is 3. The number of rotatable bonds is 6. The smallest absolute Gasteiger partial charge is 0.343 e. The summed E-state index contributed by atoms with van der Waals surface area (Å²) in [4.78, 5) is 27.8. The lowest BCUT2D eigenvalue weighted by atomic mass is 10.1. The Balaban J connectivity index is 1.54. The van der Waals surface area contributed by atoms with Crippen LogP contribution in [0.1, 0.15) is 40.0 Å². The fourth-order valence-electron chi connectivity index (χ4n) is 3.63. The molecule has 7 heteroatoms. The van der Waals surface area contributed by atoms with E-state index >= 15 is 0 Å². The van der Waals surface area contributed by atoms with Crippen molar-refractivity contribution in [2.24, 2.45) is 0 Å². The van der Waals surface area contributed by atoms with Gasteiger partial charge in [-0.15, -0.1) is 0 Å². The number of hydrogen-bond acceptors (Lipinski definition) is 6. The van der Waals surface area contributed by atoms with E-state index < -0.39 is 5.97 Å². The summed E-state index contributed by atoms with van der Waals surface area (Å²) in [5, 5.41) is 0. The predicted molar refractivity (Wildman–Crippen MR) is 139 cm³/mol. The van der Waals surface area contributed by atoms with Crippen molar-refractivity contribution in [2.45, 2.75) is 19.9 Å². The Hall–Kier alpha value is -3.42. The number of esters is 1. The van der Waals surface area contributed by atoms with Crippen LogP contribution in [0.5, 0.6) is 11.5 Å². The largest absolute Gasteiger partial charge is 0.493 e. The third kappa shape index (κ3) is 5.05. The Bertz CT molecular complexity index is 1290. The summed E-state index contributed by atoms with van der Waals surface area (Å²) in [5.74, 6) is 0.0880. The minimum atomic E-state index is -0.467. The molecule has 1 heterocycles. The maximum absolute atomic E-state index is 13.1. The second-order valence-corrected chi connectivity index (χ2v) is 9.48. The van der Waals surface area contributed by atoms with Crippen LogP contribution in [-0.4, -0.2) is 28.2 Å². The minimum absolute atomic E-state index is 0.139. The van der Waals surface area contributed by atoms with E-state index in [1.807, 2.05) is 50.2 Å². The highest BCUT2D eigenvalue weighted by molar-refractivity contribution is 8.26. The van der Waals surface area contributed by atoms with Gasteiger partial charge < -0.3 is 9.47 Å². The van der Waals surface area contributed by atoms with Gasteiger partial charge in [-0.25, -0.2) is 4.79 Å². The molecule has 3 aromatic carbocycles. The molecule has 1 fully saturated rings. The molecule has 0 saturated carbocycles. The Labute approximate surface area is 208 Å². The van der Waals surface area contributed by atoms with Gasteiger partial charge in [0.2, 0.25) is 0 Å². The highest BCUT2D eigenvalue weighted by atomic mass is 32.2. The lowest BCUT2D eigenvalue weighted by molar-refractivity contribution is -0.123. The zero-order valence-electron chi connectivity index (χ0n) is 19.0. The molecule has 1 aliphatic heterocycles. The van der Waals surface area contributed by atoms with Gasteiger partial charge in [-0.3, -0.25) is 9.69 Å². The van der Waals surface area contributed by atoms with Crippen molar-refractivity contribution in [3.8, 4) is 11.5 Å². The van der Waals surface area contributed by atoms with Gasteiger partial charge in [-0.05, 0) is 55.3 Å². The Morgan fingerprint density at radius 3 is 2.50 bits per heavy atom. The lowest BCUT2D eigenvalue weighted by Crippen LogP contribution is -2.30. The molecule has 1 atom stereocenters. The SMILES string of the molecule is COc1cc(/C=C2\SC(=S)N(C(C)c3ccccc3)C2=O)ccc1OC(=O)c1cccc(C)c1. The summed E-state index contributed by atoms with van der Waals surface area (Å²) >= 11 is 6.77. The second kappa shape index (κ2) is 10.2. The van der Waals surface area contributed by atoms with Crippen molar-refractivity contribution < 1.29 is 19.1 Å². The maximum Gasteiger partial charge on any atom is 0.343 e. The fourth-order valence-corrected chi connectivity index (χ4v) is 5.05. The summed E-state index contributed by atoms with van der Waals surface area (Å²) in [6, 6.07) is 22.0. The van der Waals surface area contributed by atoms with Crippen molar-refractivity contribution in [2.75, 3.05) is 7.11 Å². The molecule has 1 saturated heterocycles. The molecule has 4 rings (SSSR count). The first-order valence-electron chi connectivity index (χ1n) is 10.7. The molecule has 0 bridgehead atoms. The molecule has 1 aliphatic rings. The summed E-state index contributed by atoms with van der Waals surface area (Å²) in [6.45, 7) is 3.87. The maximum atomic E-state index is 13.1. The Morgan fingerprint density at radius 2 is 1.79 bits per heavy atom. The number of thioether (sulfide) groups is 1. The summed E-state index contributed by atoms with van der Waals surface area (Å²) < 4.78 is 11.5. The van der Waals surface area contributed by atoms with Crippen molar-refractivity contribution >= 4 is 46.3 Å². The molecular formula is C27H23NO4S2. The number of carbonyl (C=O) groups excluding carboxylic acids is 2. The third-order valence-electron chi connectivity index (χ3n) is 5.43. The van der Waals surface area contributed by atoms with Crippen LogP contribution in [-0.2, 0) is 4.79 Å². The van der Waals surface area contributed by atoms with Gasteiger partial charge in [0.15, 0.2) is 11.5 Å². The fraction of sp³-hybridized carbons (Fsp3) is 0.148. The van der Waals surface area contributed by atoms with E-state index in [0.717, 1.165) is 16.7 Å². The van der Waals surface area contributed by atoms with Gasteiger partial charge in [0.25, 0.3) is 5.91 Å². The number of thiocarbonyl (C=S) groups is 1. The van der Waals surface area contributed by atoms with Gasteiger partial charge >= 0.3 is 5.97 Å². The molecule has 1 amide bonds. The Kier molecular flexibility index (Phi) is 7.14. The number of ether oxygens (including phenoxy) is 2. The number of methoxy groups -OCH3 is 1. The zero-order valence-corrected chi connectivity index (χ0v) is 20.6. The standard InChI is InChI=1S/C27H23NO4S2/c1-17-8-7-11-21(14-17)26(30)32-22-13-12-19(15-23(22)31-3)16-24-25(29)28(27(33)34-24)18(2)20-9-5-4-6-10-20/h4-16,18H,1-3H3/b24-16-. The van der Waals surface area contributed by atoms with E-state index in [1.165, 1.54) is 18.9 Å². The third-order valence-corrected chi connectivity index (χ3v) is 6.77. The molecule has 0 aromatic heterocycles. The first kappa shape index (κ1) is 23.7. The predicted octanol–water partition coefficient (Wildman–Crippen LogP) is 6.19. The van der Waals surface area contributed by atoms with Crippen LogP contribution in [0.4, 0.5) is 0 Å². The van der Waals surface area contributed by atoms with Crippen LogP contribution in [0.25, 0.3) is 6.08 Å². The van der Waals surface area contributed by atoms with E-state index in [-0.39, 0.29) is 11.9 Å². The minimum Gasteiger partial charge on any atom is -0.493 e. The number of amides is 1. The van der Waals surface area contributed by atoms with Crippen LogP contribution in [0, 0.1) is 6.92 Å². The molecule has 1 unspecified atom stereocenters. The zero-order chi connectivity index (χ0) is 24.2. The first-order chi connectivity index (χ1) is 16.4. The van der Waals surface area contributed by atoms with Crippen molar-refractivity contribution in [3.05, 3.63) is 100.0 Å². The number of hydrogen-bond donors (Lipinski definition) is 0. The number of aryl methyl sites for hydroxylation is 1. The van der Waals surface area contributed by atoms with Crippen LogP contribution >= 0.6 is 24.0 Å². The molecule has 0 aliphatic carbocycles. The summed E-state index contributed by atoms with van der Waals surface area (Å²) in [5.41, 5.74) is 3.18. The van der Waals surface area contributed by atoms with Crippen LogP contribution < -0.4 is 9.47 Å². The van der Waals surface area contributed by atoms with Gasteiger partial charge in [0.05, 0.1) is 23.6 Å². The number of nitrogens with zero attached hydrogens (tertiary/aromatic N) is 1. The Morgan fingerprint density at radius 1 is 1.03 bits per heavy atom. The van der Waals surface area contributed by atoms with Crippen molar-refractivity contribution in [1.29, 1.82) is 0 Å². The lowest BCUT2D eigenvalue weighted by Gasteiger charge is -2.23. The molecule has 0 radical (unpaired) electrons. The van der Waals surface area contributed by atoms with E-state index in [1.54, 1.807) is 47.4 Å². The van der Waals surface area contributed by atoms with Crippen LogP contribution in [0.3, 0.4) is 0 Å². The van der Waals surface area contributed by atoms with Crippen molar-refractivity contribution in [3.63, 3.8) is 0 Å². The first-order valence-corrected chi connectivity index (χ1v) is 11.9. The summed E-state index contributed by atoms with van der Waals surface area (Å²) in [6.07, 6.45) is 1.77. The van der Waals surface area contributed by atoms with E-state index in [0.29, 0.717) is 26.3 Å². The van der Waals surface area contributed by atoms with E-state index in [4.69, 9.17) is 21.7 Å². The molecule has 3 aromatic rings. The van der Waals surface area contributed by atoms with Crippen LogP contribution in [0.15, 0.2) is 77.7 Å². The van der Waals surface area contributed by atoms with Crippen molar-refractivity contribution in [1.82, 2.24) is 4.90 Å². The topological polar surface area (TPSA) is 55.8 Å². The van der Waals surface area contributed by atoms with Gasteiger partial charge in [-0.2, -0.15) is 0 Å². The van der Waals surface area contributed by atoms with E-state index in [2.05, 4.69) is 0 Å². The molecule has 0 N–H and O–H groups in total. The van der Waals surface area contributed by atoms with Gasteiger partial charge in [0, 0.05) is 0 Å². The summed E-state index contributed by atoms with van der Waals surface area (Å²) in [7, 11) is 1.50. The monoisotopic (exact) mass is 489 g/mol. The number of carbonyl (C=O) groups is 2. The molecule has 5 nitrogen and oxygen atoms in total. The average molecular weight is 490 g/mol. The molecule has 34 heavy (non-hydrogen) atoms. The van der Waals surface area contributed by atoms with Gasteiger partial charge in [-0.1, -0.05) is 78.1 Å². The molecule has 0 spiro atoms. The molecular weight excluding hydrogens is 466 g/mol. The van der Waals surface area contributed by atoms with Crippen LogP contribution in [0.2, 0.25) is 0 Å². The van der Waals surface area contributed by atoms with E-state index in [9.17, 15) is 9.59 Å². The highest BCUT2D eigenvalue weighted by Gasteiger charge is 2.35. The highest BCUT2D eigenvalue weighted by Crippen LogP contribution is 2.39. The van der Waals surface area contributed by atoms with Gasteiger partial charge in [0.1, 0.15) is 4.32 Å². The quantitative estimate of drug-likeness (QED) is 0.178. The average Bonchev–Trinajstić information content (AvgIpc) is 3.12. The normalized spacial score (nSPS) is 15.5. The molecule has 172 valence electrons.